The molecule has 0 saturated carbocycles. The lowest BCUT2D eigenvalue weighted by molar-refractivity contribution is -0.145. The zero-order valence-electron chi connectivity index (χ0n) is 30.5. The molecule has 3 amide bonds. The number of nitrogens with zero attached hydrogens (tertiary/aromatic N) is 1. The van der Waals surface area contributed by atoms with Crippen LogP contribution < -0.4 is 20.7 Å². The van der Waals surface area contributed by atoms with Gasteiger partial charge in [-0.05, 0) is 96.3 Å². The Morgan fingerprint density at radius 2 is 1.58 bits per heavy atom. The lowest BCUT2D eigenvalue weighted by Gasteiger charge is -2.39. The summed E-state index contributed by atoms with van der Waals surface area (Å²) in [4.78, 5) is 43.7. The van der Waals surface area contributed by atoms with Crippen molar-refractivity contribution >= 4 is 17.7 Å². The van der Waals surface area contributed by atoms with Crippen molar-refractivity contribution in [2.75, 3.05) is 7.05 Å². The van der Waals surface area contributed by atoms with Gasteiger partial charge in [-0.2, -0.15) is 0 Å². The van der Waals surface area contributed by atoms with Crippen molar-refractivity contribution in [3.8, 4) is 5.75 Å². The number of hydrogen-bond donors (Lipinski definition) is 3. The Bertz CT molecular complexity index is 1890. The van der Waals surface area contributed by atoms with Gasteiger partial charge in [0.25, 0.3) is 0 Å². The summed E-state index contributed by atoms with van der Waals surface area (Å²) in [5, 5.41) is 9.22. The van der Waals surface area contributed by atoms with Gasteiger partial charge in [-0.15, -0.1) is 0 Å². The zero-order valence-corrected chi connectivity index (χ0v) is 30.5. The van der Waals surface area contributed by atoms with Crippen LogP contribution in [0.1, 0.15) is 84.5 Å². The first-order chi connectivity index (χ1) is 25.1. The third kappa shape index (κ3) is 8.53. The fraction of sp³-hybridized carbons (Fsp3) is 0.372. The smallest absolute Gasteiger partial charge is 0.246 e. The highest BCUT2D eigenvalue weighted by atomic mass is 19.1. The van der Waals surface area contributed by atoms with E-state index >= 15 is 0 Å². The molecule has 9 heteroatoms. The van der Waals surface area contributed by atoms with Crippen LogP contribution in [-0.4, -0.2) is 47.8 Å². The third-order valence-corrected chi connectivity index (χ3v) is 10.4. The topological polar surface area (TPSA) is 99.8 Å². The van der Waals surface area contributed by atoms with E-state index in [0.717, 1.165) is 47.1 Å². The average Bonchev–Trinajstić information content (AvgIpc) is 3.16. The summed E-state index contributed by atoms with van der Waals surface area (Å²) < 4.78 is 20.5. The Kier molecular flexibility index (Phi) is 11.7. The fourth-order valence-corrected chi connectivity index (χ4v) is 7.24. The number of nitrogens with one attached hydrogen (secondary N) is 3. The van der Waals surface area contributed by atoms with Crippen LogP contribution in [0.5, 0.6) is 5.75 Å². The van der Waals surface area contributed by atoms with Crippen LogP contribution in [0.25, 0.3) is 0 Å². The van der Waals surface area contributed by atoms with Crippen LogP contribution in [0, 0.1) is 5.82 Å². The van der Waals surface area contributed by atoms with Gasteiger partial charge in [0.15, 0.2) is 0 Å². The molecular formula is C43H49FN4O4. The third-order valence-electron chi connectivity index (χ3n) is 10.4. The minimum absolute atomic E-state index is 0.0953. The predicted octanol–water partition coefficient (Wildman–Crippen LogP) is 6.31. The molecule has 0 aromatic heterocycles. The van der Waals surface area contributed by atoms with Crippen molar-refractivity contribution in [1.29, 1.82) is 0 Å². The lowest BCUT2D eigenvalue weighted by atomic mass is 9.87. The van der Waals surface area contributed by atoms with E-state index in [4.69, 9.17) is 4.74 Å². The van der Waals surface area contributed by atoms with Crippen LogP contribution in [0.15, 0.2) is 91.0 Å². The summed E-state index contributed by atoms with van der Waals surface area (Å²) in [6.45, 7) is 6.12. The molecule has 3 unspecified atom stereocenters. The molecular weight excluding hydrogens is 655 g/mol. The first-order valence-corrected chi connectivity index (χ1v) is 18.3. The second-order valence-corrected chi connectivity index (χ2v) is 14.3. The van der Waals surface area contributed by atoms with E-state index in [9.17, 15) is 18.8 Å². The molecule has 0 bridgehead atoms. The molecule has 6 rings (SSSR count). The highest BCUT2D eigenvalue weighted by Crippen LogP contribution is 2.31. The molecule has 4 aromatic rings. The van der Waals surface area contributed by atoms with Crippen molar-refractivity contribution < 1.29 is 23.5 Å². The van der Waals surface area contributed by atoms with Crippen LogP contribution in [0.2, 0.25) is 0 Å². The Morgan fingerprint density at radius 1 is 0.885 bits per heavy atom. The van der Waals surface area contributed by atoms with Crippen LogP contribution >= 0.6 is 0 Å². The van der Waals surface area contributed by atoms with Gasteiger partial charge in [0.1, 0.15) is 30.3 Å². The predicted molar refractivity (Wildman–Crippen MR) is 200 cm³/mol. The summed E-state index contributed by atoms with van der Waals surface area (Å²) in [6, 6.07) is 26.3. The maximum atomic E-state index is 14.6. The van der Waals surface area contributed by atoms with E-state index < -0.39 is 18.1 Å². The first kappa shape index (κ1) is 36.8. The number of benzene rings is 4. The second-order valence-electron chi connectivity index (χ2n) is 14.3. The van der Waals surface area contributed by atoms with Crippen LogP contribution in [0.4, 0.5) is 4.39 Å². The number of likely N-dealkylation sites (N-methyl/N-ethyl adjacent to an activating group) is 1. The molecule has 1 heterocycles. The van der Waals surface area contributed by atoms with E-state index in [1.807, 2.05) is 80.6 Å². The molecule has 0 fully saturated rings. The number of halogens is 1. The van der Waals surface area contributed by atoms with Gasteiger partial charge in [0.2, 0.25) is 17.7 Å². The van der Waals surface area contributed by atoms with Gasteiger partial charge in [0, 0.05) is 19.4 Å². The van der Waals surface area contributed by atoms with E-state index in [1.165, 1.54) is 11.6 Å². The standard InChI is InChI=1S/C43H49FN4O4/c1-27(2)35-21-18-30(22-37(35)44)26-52-34-19-16-29(17-20-34)23-39(47-41(49)28(3)45-4)43(51)48-25-33-12-6-5-11-32(33)24-40(48)42(50)46-38-15-9-13-31-10-7-8-14-36(31)38/h5-8,10-12,14,16-22,27-28,38-40,45H,9,13,15,23-26H2,1-4H3,(H,46,50)(H,47,49)/t28-,38?,39?,40?/m0/s1. The minimum atomic E-state index is -0.923. The molecule has 3 N–H and O–H groups in total. The molecule has 0 radical (unpaired) electrons. The Labute approximate surface area is 306 Å². The number of carbonyl (C=O) groups is 3. The number of fused-ring (bicyclic) bond motifs is 2. The second kappa shape index (κ2) is 16.5. The number of carbonyl (C=O) groups excluding carboxylic acids is 3. The first-order valence-electron chi connectivity index (χ1n) is 18.3. The fourth-order valence-electron chi connectivity index (χ4n) is 7.24. The average molecular weight is 705 g/mol. The molecule has 1 aliphatic heterocycles. The van der Waals surface area contributed by atoms with Crippen LogP contribution in [0.3, 0.4) is 0 Å². The number of amides is 3. The van der Waals surface area contributed by atoms with E-state index in [-0.39, 0.29) is 55.1 Å². The molecule has 52 heavy (non-hydrogen) atoms. The normalized spacial score (nSPS) is 17.8. The van der Waals surface area contributed by atoms with Crippen LogP contribution in [-0.2, 0) is 46.8 Å². The molecule has 0 spiro atoms. The molecule has 8 nitrogen and oxygen atoms in total. The highest BCUT2D eigenvalue weighted by molar-refractivity contribution is 5.94. The quantitative estimate of drug-likeness (QED) is 0.161. The highest BCUT2D eigenvalue weighted by Gasteiger charge is 2.39. The van der Waals surface area contributed by atoms with E-state index in [2.05, 4.69) is 28.1 Å². The maximum Gasteiger partial charge on any atom is 0.246 e. The van der Waals surface area contributed by atoms with Gasteiger partial charge in [0.05, 0.1) is 12.1 Å². The van der Waals surface area contributed by atoms with E-state index in [0.29, 0.717) is 17.7 Å². The molecule has 2 aliphatic rings. The van der Waals surface area contributed by atoms with Crippen molar-refractivity contribution in [2.24, 2.45) is 0 Å². The largest absolute Gasteiger partial charge is 0.489 e. The van der Waals surface area contributed by atoms with Gasteiger partial charge < -0.3 is 25.6 Å². The molecule has 1 aliphatic carbocycles. The summed E-state index contributed by atoms with van der Waals surface area (Å²) >= 11 is 0. The Hall–Kier alpha value is -5.02. The van der Waals surface area contributed by atoms with Gasteiger partial charge in [-0.1, -0.05) is 86.6 Å². The Morgan fingerprint density at radius 3 is 2.29 bits per heavy atom. The molecule has 272 valence electrons. The van der Waals surface area contributed by atoms with Gasteiger partial charge in [-0.25, -0.2) is 4.39 Å². The number of ether oxygens (including phenoxy) is 1. The van der Waals surface area contributed by atoms with Crippen molar-refractivity contribution in [2.45, 2.75) is 96.1 Å². The van der Waals surface area contributed by atoms with Crippen molar-refractivity contribution in [3.05, 3.63) is 136 Å². The Balaban J connectivity index is 1.21. The van der Waals surface area contributed by atoms with Crippen molar-refractivity contribution in [3.63, 3.8) is 0 Å². The zero-order chi connectivity index (χ0) is 36.8. The molecule has 4 aromatic carbocycles. The monoisotopic (exact) mass is 704 g/mol. The molecule has 0 saturated heterocycles. The van der Waals surface area contributed by atoms with Gasteiger partial charge in [-0.3, -0.25) is 14.4 Å². The SMILES string of the molecule is CN[C@@H](C)C(=O)NC(Cc1ccc(OCc2ccc(C(C)C)c(F)c2)cc1)C(=O)N1Cc2ccccc2CC1C(=O)NC1CCCc2ccccc21. The number of aryl methyl sites for hydroxylation is 1. The lowest BCUT2D eigenvalue weighted by Crippen LogP contribution is -2.59. The minimum Gasteiger partial charge on any atom is -0.489 e. The summed E-state index contributed by atoms with van der Waals surface area (Å²) in [5.41, 5.74) is 6.61. The van der Waals surface area contributed by atoms with Gasteiger partial charge >= 0.3 is 0 Å². The number of hydrogen-bond acceptors (Lipinski definition) is 5. The summed E-state index contributed by atoms with van der Waals surface area (Å²) in [6.07, 6.45) is 3.39. The summed E-state index contributed by atoms with van der Waals surface area (Å²) in [5.74, 6) is -0.373. The maximum absolute atomic E-state index is 14.6. The number of rotatable bonds is 12. The summed E-state index contributed by atoms with van der Waals surface area (Å²) in [7, 11) is 1.69. The molecule has 4 atom stereocenters. The van der Waals surface area contributed by atoms with E-state index in [1.54, 1.807) is 24.9 Å². The van der Waals surface area contributed by atoms with Crippen molar-refractivity contribution in [1.82, 2.24) is 20.9 Å².